The molecule has 3 heterocycles. The summed E-state index contributed by atoms with van der Waals surface area (Å²) in [6.07, 6.45) is 16.9. The minimum Gasteiger partial charge on any atom is -0.398 e. The first kappa shape index (κ1) is 26.6. The van der Waals surface area contributed by atoms with Crippen LogP contribution in [0.25, 0.3) is 33.4 Å². The van der Waals surface area contributed by atoms with Gasteiger partial charge in [-0.3, -0.25) is 4.98 Å². The van der Waals surface area contributed by atoms with Gasteiger partial charge in [0.2, 0.25) is 0 Å². The van der Waals surface area contributed by atoms with Crippen molar-refractivity contribution in [3.8, 4) is 35.1 Å². The maximum absolute atomic E-state index is 15.1. The Bertz CT molecular complexity index is 1700. The standard InChI is InChI=1S/C30H26F2N6.C2H2/c1-17(18-3-2-4-18)36-23-11-21(15-34-16-23)25-12-20(27(33)14-26(25)32)13-28-37-29-24(9-10-35-30(29)38-28)19-5-7-22(31)8-6-19;1-2/h5-12,14-16,18,36H,1-4,13,33H2,(H,35,37,38);1-2H. The molecule has 0 amide bonds. The largest absolute Gasteiger partial charge is 0.398 e. The van der Waals surface area contributed by atoms with Crippen molar-refractivity contribution >= 4 is 22.5 Å². The number of nitrogen functional groups attached to an aromatic ring is 1. The molecule has 5 aromatic rings. The number of nitrogens with one attached hydrogen (secondary N) is 2. The van der Waals surface area contributed by atoms with Crippen molar-refractivity contribution in [2.45, 2.75) is 25.7 Å². The lowest BCUT2D eigenvalue weighted by Crippen LogP contribution is -2.18. The van der Waals surface area contributed by atoms with Crippen LogP contribution in [0.2, 0.25) is 0 Å². The Morgan fingerprint density at radius 3 is 2.52 bits per heavy atom. The van der Waals surface area contributed by atoms with Crippen LogP contribution in [0, 0.1) is 30.4 Å². The van der Waals surface area contributed by atoms with Crippen LogP contribution in [-0.4, -0.2) is 19.9 Å². The lowest BCUT2D eigenvalue weighted by atomic mass is 9.83. The quantitative estimate of drug-likeness (QED) is 0.153. The highest BCUT2D eigenvalue weighted by atomic mass is 19.1. The van der Waals surface area contributed by atoms with Crippen LogP contribution in [-0.2, 0) is 6.42 Å². The molecule has 0 unspecified atom stereocenters. The first-order valence-electron chi connectivity index (χ1n) is 12.9. The molecule has 0 aliphatic heterocycles. The van der Waals surface area contributed by atoms with E-state index < -0.39 is 5.82 Å². The molecule has 0 radical (unpaired) electrons. The average molecular weight is 535 g/mol. The molecule has 3 aromatic heterocycles. The topological polar surface area (TPSA) is 92.5 Å². The molecule has 1 aliphatic rings. The van der Waals surface area contributed by atoms with Crippen LogP contribution in [0.1, 0.15) is 30.7 Å². The zero-order valence-corrected chi connectivity index (χ0v) is 21.8. The number of hydrogen-bond donors (Lipinski definition) is 3. The zero-order chi connectivity index (χ0) is 28.2. The molecule has 6 nitrogen and oxygen atoms in total. The molecule has 0 atom stereocenters. The van der Waals surface area contributed by atoms with Crippen LogP contribution < -0.4 is 11.1 Å². The predicted molar refractivity (Wildman–Crippen MR) is 156 cm³/mol. The van der Waals surface area contributed by atoms with Crippen LogP contribution in [0.5, 0.6) is 0 Å². The maximum atomic E-state index is 15.1. The fourth-order valence-electron chi connectivity index (χ4n) is 4.80. The number of nitrogens with zero attached hydrogens (tertiary/aromatic N) is 3. The number of rotatable bonds is 7. The summed E-state index contributed by atoms with van der Waals surface area (Å²) in [7, 11) is 0. The van der Waals surface area contributed by atoms with Crippen molar-refractivity contribution in [3.63, 3.8) is 0 Å². The summed E-state index contributed by atoms with van der Waals surface area (Å²) in [5, 5.41) is 3.33. The molecule has 8 heteroatoms. The second-order valence-corrected chi connectivity index (χ2v) is 9.70. The number of allylic oxidation sites excluding steroid dienone is 1. The fraction of sp³-hybridized carbons (Fsp3) is 0.156. The van der Waals surface area contributed by atoms with Gasteiger partial charge in [0.05, 0.1) is 17.4 Å². The number of pyridine rings is 2. The molecule has 0 spiro atoms. The van der Waals surface area contributed by atoms with Gasteiger partial charge in [0, 0.05) is 46.9 Å². The van der Waals surface area contributed by atoms with Crippen LogP contribution >= 0.6 is 0 Å². The van der Waals surface area contributed by atoms with E-state index in [2.05, 4.69) is 44.7 Å². The van der Waals surface area contributed by atoms with Gasteiger partial charge in [0.1, 0.15) is 17.5 Å². The number of benzene rings is 2. The zero-order valence-electron chi connectivity index (χ0n) is 21.8. The lowest BCUT2D eigenvalue weighted by molar-refractivity contribution is 0.371. The predicted octanol–water partition coefficient (Wildman–Crippen LogP) is 7.11. The Labute approximate surface area is 231 Å². The number of aromatic amines is 1. The van der Waals surface area contributed by atoms with Crippen molar-refractivity contribution in [1.82, 2.24) is 19.9 Å². The third-order valence-electron chi connectivity index (χ3n) is 7.14. The third kappa shape index (κ3) is 5.40. The molecule has 6 rings (SSSR count). The van der Waals surface area contributed by atoms with Crippen LogP contribution in [0.15, 0.2) is 79.4 Å². The third-order valence-corrected chi connectivity index (χ3v) is 7.14. The summed E-state index contributed by atoms with van der Waals surface area (Å²) in [4.78, 5) is 16.7. The summed E-state index contributed by atoms with van der Waals surface area (Å²) in [6, 6.07) is 13.1. The Hall–Kier alpha value is -5.03. The highest BCUT2D eigenvalue weighted by Crippen LogP contribution is 2.34. The van der Waals surface area contributed by atoms with Crippen LogP contribution in [0.4, 0.5) is 20.2 Å². The normalized spacial score (nSPS) is 12.8. The van der Waals surface area contributed by atoms with E-state index in [-0.39, 0.29) is 5.82 Å². The lowest BCUT2D eigenvalue weighted by Gasteiger charge is -2.28. The Morgan fingerprint density at radius 1 is 1.02 bits per heavy atom. The molecule has 2 aromatic carbocycles. The summed E-state index contributed by atoms with van der Waals surface area (Å²) in [6.45, 7) is 4.15. The molecule has 1 fully saturated rings. The van der Waals surface area contributed by atoms with E-state index in [0.717, 1.165) is 46.4 Å². The van der Waals surface area contributed by atoms with Gasteiger partial charge in [-0.1, -0.05) is 25.1 Å². The minimum atomic E-state index is -0.423. The molecule has 1 aliphatic carbocycles. The molecule has 4 N–H and O–H groups in total. The number of aromatic nitrogens is 4. The second-order valence-electron chi connectivity index (χ2n) is 9.70. The highest BCUT2D eigenvalue weighted by molar-refractivity contribution is 5.89. The second kappa shape index (κ2) is 11.4. The van der Waals surface area contributed by atoms with Gasteiger partial charge < -0.3 is 16.0 Å². The molecular weight excluding hydrogens is 506 g/mol. The summed E-state index contributed by atoms with van der Waals surface area (Å²) >= 11 is 0. The van der Waals surface area contributed by atoms with Crippen molar-refractivity contribution in [2.24, 2.45) is 5.92 Å². The number of hydrogen-bond acceptors (Lipinski definition) is 5. The fourth-order valence-corrected chi connectivity index (χ4v) is 4.80. The first-order chi connectivity index (χ1) is 19.4. The number of terminal acetylenes is 1. The van der Waals surface area contributed by atoms with Gasteiger partial charge in [-0.25, -0.2) is 18.7 Å². The monoisotopic (exact) mass is 534 g/mol. The van der Waals surface area contributed by atoms with E-state index in [9.17, 15) is 4.39 Å². The molecule has 0 saturated heterocycles. The number of halogens is 2. The molecular formula is C32H28F2N6. The van der Waals surface area contributed by atoms with Gasteiger partial charge in [0.15, 0.2) is 5.65 Å². The minimum absolute atomic E-state index is 0.299. The number of nitrogens with two attached hydrogens (primary N) is 1. The van der Waals surface area contributed by atoms with Gasteiger partial charge in [-0.15, -0.1) is 12.8 Å². The molecule has 1 saturated carbocycles. The smallest absolute Gasteiger partial charge is 0.178 e. The van der Waals surface area contributed by atoms with Crippen molar-refractivity contribution in [1.29, 1.82) is 0 Å². The van der Waals surface area contributed by atoms with E-state index in [1.54, 1.807) is 36.8 Å². The molecule has 200 valence electrons. The van der Waals surface area contributed by atoms with Crippen LogP contribution in [0.3, 0.4) is 0 Å². The van der Waals surface area contributed by atoms with E-state index in [1.807, 2.05) is 12.1 Å². The van der Waals surface area contributed by atoms with E-state index >= 15 is 4.39 Å². The molecule has 0 bridgehead atoms. The van der Waals surface area contributed by atoms with E-state index in [4.69, 9.17) is 5.73 Å². The number of fused-ring (bicyclic) bond motifs is 1. The Morgan fingerprint density at radius 2 is 1.80 bits per heavy atom. The van der Waals surface area contributed by atoms with Gasteiger partial charge in [-0.05, 0) is 66.3 Å². The van der Waals surface area contributed by atoms with Gasteiger partial charge in [0.25, 0.3) is 0 Å². The number of H-pyrrole nitrogens is 1. The van der Waals surface area contributed by atoms with Crippen molar-refractivity contribution in [3.05, 3.63) is 102 Å². The van der Waals surface area contributed by atoms with Crippen molar-refractivity contribution < 1.29 is 8.78 Å². The molecule has 40 heavy (non-hydrogen) atoms. The summed E-state index contributed by atoms with van der Waals surface area (Å²) < 4.78 is 28.5. The highest BCUT2D eigenvalue weighted by Gasteiger charge is 2.21. The SMILES string of the molecule is C#C.C=C(Nc1cncc(-c2cc(Cc3nc4nccc(-c5ccc(F)cc5)c4[nH]3)c(N)cc2F)c1)C1CCC1. The van der Waals surface area contributed by atoms with Crippen molar-refractivity contribution in [2.75, 3.05) is 11.1 Å². The first-order valence-corrected chi connectivity index (χ1v) is 12.9. The average Bonchev–Trinajstić information content (AvgIpc) is 3.34. The van der Waals surface area contributed by atoms with Gasteiger partial charge in [-0.2, -0.15) is 0 Å². The van der Waals surface area contributed by atoms with E-state index in [0.29, 0.717) is 40.6 Å². The Kier molecular flexibility index (Phi) is 7.56. The number of anilines is 2. The van der Waals surface area contributed by atoms with Gasteiger partial charge >= 0.3 is 0 Å². The maximum Gasteiger partial charge on any atom is 0.178 e. The summed E-state index contributed by atoms with van der Waals surface area (Å²) in [5.74, 6) is 0.386. The Balaban J connectivity index is 0.00000158. The summed E-state index contributed by atoms with van der Waals surface area (Å²) in [5.41, 5.74) is 13.0. The van der Waals surface area contributed by atoms with E-state index in [1.165, 1.54) is 24.6 Å². The number of imidazole rings is 1.